The molecule has 0 aliphatic heterocycles. The van der Waals surface area contributed by atoms with Crippen molar-refractivity contribution in [3.05, 3.63) is 59.9 Å². The summed E-state index contributed by atoms with van der Waals surface area (Å²) < 4.78 is 39.0. The molecule has 8 heteroatoms. The zero-order valence-electron chi connectivity index (χ0n) is 12.9. The van der Waals surface area contributed by atoms with Gasteiger partial charge in [0.05, 0.1) is 12.3 Å². The molecule has 0 radical (unpaired) electrons. The molecular formula is C16H17FN2O4S. The van der Waals surface area contributed by atoms with Gasteiger partial charge in [-0.1, -0.05) is 12.1 Å². The summed E-state index contributed by atoms with van der Waals surface area (Å²) in [6, 6.07) is 10.8. The quantitative estimate of drug-likeness (QED) is 0.828. The van der Waals surface area contributed by atoms with E-state index in [9.17, 15) is 17.6 Å². The lowest BCUT2D eigenvalue weighted by Crippen LogP contribution is -2.30. The Hall–Kier alpha value is -2.29. The number of halogens is 1. The minimum absolute atomic E-state index is 0.0669. The van der Waals surface area contributed by atoms with E-state index in [-0.39, 0.29) is 29.3 Å². The molecule has 128 valence electrons. The van der Waals surface area contributed by atoms with Gasteiger partial charge in [-0.05, 0) is 36.4 Å². The minimum atomic E-state index is -3.87. The van der Waals surface area contributed by atoms with Gasteiger partial charge in [-0.15, -0.1) is 0 Å². The largest absolute Gasteiger partial charge is 0.395 e. The first kappa shape index (κ1) is 18.1. The number of hydrogen-bond donors (Lipinski definition) is 2. The lowest BCUT2D eigenvalue weighted by Gasteiger charge is -2.18. The van der Waals surface area contributed by atoms with Crippen LogP contribution in [-0.2, 0) is 10.0 Å². The highest BCUT2D eigenvalue weighted by Crippen LogP contribution is 2.24. The fourth-order valence-electron chi connectivity index (χ4n) is 2.02. The molecular weight excluding hydrogens is 335 g/mol. The Morgan fingerprint density at radius 1 is 1.17 bits per heavy atom. The number of rotatable bonds is 6. The van der Waals surface area contributed by atoms with Gasteiger partial charge in [0, 0.05) is 19.2 Å². The number of aliphatic hydroxyl groups is 1. The number of carbonyl (C=O) groups is 1. The smallest absolute Gasteiger partial charge is 0.255 e. The van der Waals surface area contributed by atoms with Crippen molar-refractivity contribution in [2.24, 2.45) is 0 Å². The summed E-state index contributed by atoms with van der Waals surface area (Å²) >= 11 is 0. The normalized spacial score (nSPS) is 11.5. The molecule has 2 aromatic rings. The van der Waals surface area contributed by atoms with E-state index in [2.05, 4.69) is 5.32 Å². The Morgan fingerprint density at radius 2 is 1.79 bits per heavy atom. The number of aliphatic hydroxyl groups excluding tert-OH is 1. The average molecular weight is 352 g/mol. The second kappa shape index (κ2) is 7.52. The van der Waals surface area contributed by atoms with Gasteiger partial charge in [0.25, 0.3) is 5.91 Å². The van der Waals surface area contributed by atoms with Gasteiger partial charge in [0.1, 0.15) is 10.7 Å². The molecule has 2 aromatic carbocycles. The van der Waals surface area contributed by atoms with Gasteiger partial charge < -0.3 is 10.4 Å². The highest BCUT2D eigenvalue weighted by atomic mass is 32.2. The van der Waals surface area contributed by atoms with Gasteiger partial charge >= 0.3 is 0 Å². The second-order valence-electron chi connectivity index (χ2n) is 5.01. The van der Waals surface area contributed by atoms with E-state index in [1.807, 2.05) is 0 Å². The molecule has 0 aromatic heterocycles. The molecule has 6 nitrogen and oxygen atoms in total. The van der Waals surface area contributed by atoms with E-state index >= 15 is 0 Å². The number of carbonyl (C=O) groups excluding carboxylic acids is 1. The molecule has 2 N–H and O–H groups in total. The maximum absolute atomic E-state index is 12.9. The minimum Gasteiger partial charge on any atom is -0.395 e. The number of anilines is 1. The third-order valence-corrected chi connectivity index (χ3v) is 5.26. The number of sulfonamides is 1. The van der Waals surface area contributed by atoms with Crippen molar-refractivity contribution in [3.8, 4) is 0 Å². The standard InChI is InChI=1S/C16H17FN2O4S/c1-19(10-11-20)24(22,23)15-5-3-2-4-14(15)18-16(21)12-6-8-13(17)9-7-12/h2-9,20H,10-11H2,1H3,(H,18,21). The second-order valence-corrected chi connectivity index (χ2v) is 7.02. The predicted molar refractivity (Wildman–Crippen MR) is 87.7 cm³/mol. The van der Waals surface area contributed by atoms with Crippen molar-refractivity contribution in [2.75, 3.05) is 25.5 Å². The van der Waals surface area contributed by atoms with Crippen LogP contribution in [0.2, 0.25) is 0 Å². The molecule has 1 amide bonds. The van der Waals surface area contributed by atoms with Crippen molar-refractivity contribution in [3.63, 3.8) is 0 Å². The molecule has 0 bridgehead atoms. The van der Waals surface area contributed by atoms with E-state index in [0.29, 0.717) is 0 Å². The molecule has 2 rings (SSSR count). The number of benzene rings is 2. The summed E-state index contributed by atoms with van der Waals surface area (Å²) in [5, 5.41) is 11.4. The molecule has 0 atom stereocenters. The Balaban J connectivity index is 2.32. The third kappa shape index (κ3) is 3.97. The zero-order valence-corrected chi connectivity index (χ0v) is 13.8. The summed E-state index contributed by atoms with van der Waals surface area (Å²) in [4.78, 5) is 12.1. The number of para-hydroxylation sites is 1. The van der Waals surface area contributed by atoms with Gasteiger partial charge in [-0.3, -0.25) is 4.79 Å². The number of amides is 1. The van der Waals surface area contributed by atoms with E-state index in [4.69, 9.17) is 5.11 Å². The van der Waals surface area contributed by atoms with E-state index in [1.54, 1.807) is 6.07 Å². The van der Waals surface area contributed by atoms with Crippen LogP contribution >= 0.6 is 0 Å². The molecule has 0 heterocycles. The van der Waals surface area contributed by atoms with Crippen molar-refractivity contribution >= 4 is 21.6 Å². The first-order valence-corrected chi connectivity index (χ1v) is 8.53. The molecule has 0 spiro atoms. The average Bonchev–Trinajstić information content (AvgIpc) is 2.56. The van der Waals surface area contributed by atoms with Crippen molar-refractivity contribution in [2.45, 2.75) is 4.90 Å². The molecule has 0 unspecified atom stereocenters. The van der Waals surface area contributed by atoms with Gasteiger partial charge in [0.2, 0.25) is 10.0 Å². The Labute approximate surface area is 139 Å². The van der Waals surface area contributed by atoms with Gasteiger partial charge in [-0.25, -0.2) is 12.8 Å². The number of likely N-dealkylation sites (N-methyl/N-ethyl adjacent to an activating group) is 1. The topological polar surface area (TPSA) is 86.7 Å². The fraction of sp³-hybridized carbons (Fsp3) is 0.188. The maximum Gasteiger partial charge on any atom is 0.255 e. The SMILES string of the molecule is CN(CCO)S(=O)(=O)c1ccccc1NC(=O)c1ccc(F)cc1. The maximum atomic E-state index is 12.9. The Morgan fingerprint density at radius 3 is 2.42 bits per heavy atom. The lowest BCUT2D eigenvalue weighted by atomic mass is 10.2. The van der Waals surface area contributed by atoms with Crippen LogP contribution in [0.25, 0.3) is 0 Å². The third-order valence-electron chi connectivity index (χ3n) is 3.34. The monoisotopic (exact) mass is 352 g/mol. The molecule has 0 saturated carbocycles. The summed E-state index contributed by atoms with van der Waals surface area (Å²) in [6.07, 6.45) is 0. The summed E-state index contributed by atoms with van der Waals surface area (Å²) in [5.74, 6) is -1.03. The van der Waals surface area contributed by atoms with Crippen LogP contribution in [0.4, 0.5) is 10.1 Å². The van der Waals surface area contributed by atoms with Crippen molar-refractivity contribution in [1.29, 1.82) is 0 Å². The van der Waals surface area contributed by atoms with Gasteiger partial charge in [0.15, 0.2) is 0 Å². The molecule has 0 saturated heterocycles. The molecule has 0 aliphatic carbocycles. The Bertz CT molecular complexity index is 822. The number of nitrogens with one attached hydrogen (secondary N) is 1. The van der Waals surface area contributed by atoms with Crippen LogP contribution in [-0.4, -0.2) is 43.9 Å². The first-order valence-electron chi connectivity index (χ1n) is 7.09. The highest BCUT2D eigenvalue weighted by Gasteiger charge is 2.24. The van der Waals surface area contributed by atoms with E-state index < -0.39 is 21.7 Å². The van der Waals surface area contributed by atoms with Crippen LogP contribution in [0.5, 0.6) is 0 Å². The lowest BCUT2D eigenvalue weighted by molar-refractivity contribution is 0.102. The predicted octanol–water partition coefficient (Wildman–Crippen LogP) is 1.69. The van der Waals surface area contributed by atoms with Crippen LogP contribution in [0.3, 0.4) is 0 Å². The summed E-state index contributed by atoms with van der Waals surface area (Å²) in [7, 11) is -2.53. The van der Waals surface area contributed by atoms with E-state index in [0.717, 1.165) is 16.4 Å². The first-order chi connectivity index (χ1) is 11.4. The Kier molecular flexibility index (Phi) is 5.66. The van der Waals surface area contributed by atoms with Crippen LogP contribution < -0.4 is 5.32 Å². The zero-order chi connectivity index (χ0) is 17.7. The number of nitrogens with zero attached hydrogens (tertiary/aromatic N) is 1. The number of hydrogen-bond acceptors (Lipinski definition) is 4. The van der Waals surface area contributed by atoms with Crippen molar-refractivity contribution < 1.29 is 22.7 Å². The van der Waals surface area contributed by atoms with Crippen LogP contribution in [0.1, 0.15) is 10.4 Å². The highest BCUT2D eigenvalue weighted by molar-refractivity contribution is 7.89. The summed E-state index contributed by atoms with van der Waals surface area (Å²) in [5.41, 5.74) is 0.309. The summed E-state index contributed by atoms with van der Waals surface area (Å²) in [6.45, 7) is -0.386. The molecule has 0 fully saturated rings. The molecule has 24 heavy (non-hydrogen) atoms. The van der Waals surface area contributed by atoms with Crippen LogP contribution in [0.15, 0.2) is 53.4 Å². The van der Waals surface area contributed by atoms with Crippen LogP contribution in [0, 0.1) is 5.82 Å². The van der Waals surface area contributed by atoms with Crippen molar-refractivity contribution in [1.82, 2.24) is 4.31 Å². The fourth-order valence-corrected chi connectivity index (χ4v) is 3.32. The van der Waals surface area contributed by atoms with E-state index in [1.165, 1.54) is 37.4 Å². The molecule has 0 aliphatic rings. The van der Waals surface area contributed by atoms with Gasteiger partial charge in [-0.2, -0.15) is 4.31 Å².